The van der Waals surface area contributed by atoms with Gasteiger partial charge >= 0.3 is 0 Å². The first kappa shape index (κ1) is 23.1. The van der Waals surface area contributed by atoms with Gasteiger partial charge in [-0.25, -0.2) is 0 Å². The summed E-state index contributed by atoms with van der Waals surface area (Å²) in [5, 5.41) is 13.5. The first-order chi connectivity index (χ1) is 16.0. The third-order valence-corrected chi connectivity index (χ3v) is 7.20. The van der Waals surface area contributed by atoms with Crippen LogP contribution in [0.5, 0.6) is 0 Å². The van der Waals surface area contributed by atoms with E-state index in [2.05, 4.69) is 30.4 Å². The number of hydrogen-bond donors (Lipinski definition) is 1. The van der Waals surface area contributed by atoms with Gasteiger partial charge in [-0.2, -0.15) is 5.26 Å². The molecule has 1 saturated carbocycles. The molecule has 1 aliphatic rings. The smallest absolute Gasteiger partial charge is 0.226 e. The van der Waals surface area contributed by atoms with Crippen molar-refractivity contribution in [3.63, 3.8) is 0 Å². The van der Waals surface area contributed by atoms with Crippen LogP contribution in [0.25, 0.3) is 0 Å². The minimum absolute atomic E-state index is 0.0391. The van der Waals surface area contributed by atoms with Crippen LogP contribution in [0.4, 0.5) is 0 Å². The van der Waals surface area contributed by atoms with Crippen LogP contribution in [0.15, 0.2) is 78.9 Å². The van der Waals surface area contributed by atoms with E-state index in [-0.39, 0.29) is 23.3 Å². The highest BCUT2D eigenvalue weighted by atomic mass is 35.5. The van der Waals surface area contributed by atoms with Crippen LogP contribution in [0.1, 0.15) is 54.4 Å². The van der Waals surface area contributed by atoms with E-state index in [9.17, 15) is 10.1 Å². The summed E-state index contributed by atoms with van der Waals surface area (Å²) < 4.78 is 0. The second-order valence-corrected chi connectivity index (χ2v) is 9.67. The standard InChI is InChI=1S/C29H29ClN2O/c1-21(32-28(33)29(15-6-16-29)19-23-7-3-2-4-8-23)27(18-22-11-13-26(30)14-12-22)25-10-5-9-24(17-25)20-31/h2-5,7-14,17,21,27H,6,15-16,18-19H2,1H3,(H,32,33)/t21?,27-/m1/s1. The first-order valence-corrected chi connectivity index (χ1v) is 12.0. The highest BCUT2D eigenvalue weighted by Crippen LogP contribution is 2.44. The molecule has 2 atom stereocenters. The average molecular weight is 457 g/mol. The van der Waals surface area contributed by atoms with E-state index in [0.717, 1.165) is 43.2 Å². The number of rotatable bonds is 8. The predicted molar refractivity (Wildman–Crippen MR) is 133 cm³/mol. The largest absolute Gasteiger partial charge is 0.353 e. The molecule has 1 aliphatic carbocycles. The van der Waals surface area contributed by atoms with Crippen LogP contribution in [-0.2, 0) is 17.6 Å². The highest BCUT2D eigenvalue weighted by molar-refractivity contribution is 6.30. The summed E-state index contributed by atoms with van der Waals surface area (Å²) in [6.45, 7) is 2.08. The van der Waals surface area contributed by atoms with Gasteiger partial charge < -0.3 is 5.32 Å². The van der Waals surface area contributed by atoms with Gasteiger partial charge in [0.15, 0.2) is 0 Å². The van der Waals surface area contributed by atoms with E-state index < -0.39 is 0 Å². The number of amides is 1. The molecular weight excluding hydrogens is 428 g/mol. The van der Waals surface area contributed by atoms with Crippen molar-refractivity contribution in [1.29, 1.82) is 5.26 Å². The number of carbonyl (C=O) groups is 1. The fraction of sp³-hybridized carbons (Fsp3) is 0.310. The maximum atomic E-state index is 13.5. The number of hydrogen-bond acceptors (Lipinski definition) is 2. The Morgan fingerprint density at radius 1 is 1.03 bits per heavy atom. The maximum absolute atomic E-state index is 13.5. The van der Waals surface area contributed by atoms with Crippen LogP contribution in [0.2, 0.25) is 5.02 Å². The minimum atomic E-state index is -0.324. The SMILES string of the molecule is CC(NC(=O)C1(Cc2ccccc2)CCC1)[C@@H](Cc1ccc(Cl)cc1)c1cccc(C#N)c1. The van der Waals surface area contributed by atoms with Gasteiger partial charge in [-0.3, -0.25) is 4.79 Å². The zero-order valence-corrected chi connectivity index (χ0v) is 19.7. The van der Waals surface area contributed by atoms with Crippen molar-refractivity contribution in [2.75, 3.05) is 0 Å². The molecule has 0 radical (unpaired) electrons. The molecule has 33 heavy (non-hydrogen) atoms. The van der Waals surface area contributed by atoms with E-state index >= 15 is 0 Å². The van der Waals surface area contributed by atoms with Gasteiger partial charge in [0.1, 0.15) is 0 Å². The van der Waals surface area contributed by atoms with E-state index in [1.54, 1.807) is 0 Å². The molecule has 1 amide bonds. The zero-order chi connectivity index (χ0) is 23.3. The van der Waals surface area contributed by atoms with E-state index in [1.165, 1.54) is 5.56 Å². The molecule has 0 bridgehead atoms. The van der Waals surface area contributed by atoms with Gasteiger partial charge in [0, 0.05) is 17.0 Å². The van der Waals surface area contributed by atoms with E-state index in [1.807, 2.05) is 66.7 Å². The molecule has 0 heterocycles. The molecule has 3 aromatic carbocycles. The molecule has 0 aliphatic heterocycles. The molecule has 1 N–H and O–H groups in total. The third-order valence-electron chi connectivity index (χ3n) is 6.95. The van der Waals surface area contributed by atoms with Crippen molar-refractivity contribution >= 4 is 17.5 Å². The predicted octanol–water partition coefficient (Wildman–Crippen LogP) is 6.46. The van der Waals surface area contributed by atoms with Crippen molar-refractivity contribution in [1.82, 2.24) is 5.32 Å². The Bertz CT molecular complexity index is 1130. The van der Waals surface area contributed by atoms with Gasteiger partial charge in [0.05, 0.1) is 17.0 Å². The van der Waals surface area contributed by atoms with Gasteiger partial charge in [-0.15, -0.1) is 0 Å². The van der Waals surface area contributed by atoms with Gasteiger partial charge in [-0.1, -0.05) is 72.6 Å². The molecule has 0 spiro atoms. The Hall–Kier alpha value is -3.09. The van der Waals surface area contributed by atoms with E-state index in [0.29, 0.717) is 10.6 Å². The summed E-state index contributed by atoms with van der Waals surface area (Å²) in [5.74, 6) is 0.180. The Balaban J connectivity index is 1.56. The highest BCUT2D eigenvalue weighted by Gasteiger charge is 2.44. The lowest BCUT2D eigenvalue weighted by atomic mass is 9.64. The topological polar surface area (TPSA) is 52.9 Å². The van der Waals surface area contributed by atoms with Crippen molar-refractivity contribution in [2.24, 2.45) is 5.41 Å². The van der Waals surface area contributed by atoms with Gasteiger partial charge in [0.25, 0.3) is 0 Å². The molecule has 3 nitrogen and oxygen atoms in total. The summed E-state index contributed by atoms with van der Waals surface area (Å²) in [4.78, 5) is 13.5. The summed E-state index contributed by atoms with van der Waals surface area (Å²) in [6, 6.07) is 28.0. The monoisotopic (exact) mass is 456 g/mol. The molecule has 4 rings (SSSR count). The second kappa shape index (κ2) is 10.2. The van der Waals surface area contributed by atoms with Crippen LogP contribution >= 0.6 is 11.6 Å². The normalized spacial score (nSPS) is 16.2. The maximum Gasteiger partial charge on any atom is 0.226 e. The van der Waals surface area contributed by atoms with Crippen molar-refractivity contribution in [2.45, 2.75) is 51.0 Å². The zero-order valence-electron chi connectivity index (χ0n) is 18.9. The van der Waals surface area contributed by atoms with Crippen molar-refractivity contribution in [3.8, 4) is 6.07 Å². The molecule has 168 valence electrons. The molecule has 1 unspecified atom stereocenters. The molecule has 0 aromatic heterocycles. The van der Waals surface area contributed by atoms with Crippen LogP contribution in [0, 0.1) is 16.7 Å². The molecule has 0 saturated heterocycles. The van der Waals surface area contributed by atoms with E-state index in [4.69, 9.17) is 11.6 Å². The van der Waals surface area contributed by atoms with Gasteiger partial charge in [0.2, 0.25) is 5.91 Å². The molecule has 4 heteroatoms. The third kappa shape index (κ3) is 5.46. The number of nitrogens with one attached hydrogen (secondary N) is 1. The van der Waals surface area contributed by atoms with Crippen LogP contribution in [-0.4, -0.2) is 11.9 Å². The Kier molecular flexibility index (Phi) is 7.16. The molecular formula is C29H29ClN2O. The summed E-state index contributed by atoms with van der Waals surface area (Å²) >= 11 is 6.08. The minimum Gasteiger partial charge on any atom is -0.353 e. The Labute approximate surface area is 201 Å². The quantitative estimate of drug-likeness (QED) is 0.423. The van der Waals surface area contributed by atoms with Crippen molar-refractivity contribution < 1.29 is 4.79 Å². The second-order valence-electron chi connectivity index (χ2n) is 9.23. The van der Waals surface area contributed by atoms with Gasteiger partial charge in [-0.05, 0) is 73.6 Å². The fourth-order valence-corrected chi connectivity index (χ4v) is 4.96. The fourth-order valence-electron chi connectivity index (χ4n) is 4.83. The lowest BCUT2D eigenvalue weighted by Gasteiger charge is -2.42. The van der Waals surface area contributed by atoms with Crippen LogP contribution in [0.3, 0.4) is 0 Å². The first-order valence-electron chi connectivity index (χ1n) is 11.6. The Morgan fingerprint density at radius 2 is 1.76 bits per heavy atom. The average Bonchev–Trinajstić information content (AvgIpc) is 2.81. The number of nitrogens with zero attached hydrogens (tertiary/aromatic N) is 1. The molecule has 1 fully saturated rings. The number of carbonyl (C=O) groups excluding carboxylic acids is 1. The van der Waals surface area contributed by atoms with Crippen LogP contribution < -0.4 is 5.32 Å². The number of nitriles is 1. The molecule has 3 aromatic rings. The van der Waals surface area contributed by atoms with Crippen molar-refractivity contribution in [3.05, 3.63) is 106 Å². The number of halogens is 1. The summed E-state index contributed by atoms with van der Waals surface area (Å²) in [5.41, 5.74) is 3.72. The summed E-state index contributed by atoms with van der Waals surface area (Å²) in [6.07, 6.45) is 4.46. The lowest BCUT2D eigenvalue weighted by molar-refractivity contribution is -0.136. The summed E-state index contributed by atoms with van der Waals surface area (Å²) in [7, 11) is 0. The Morgan fingerprint density at radius 3 is 2.39 bits per heavy atom. The number of benzene rings is 3. The lowest BCUT2D eigenvalue weighted by Crippen LogP contribution is -2.51.